The van der Waals surface area contributed by atoms with E-state index in [1.54, 1.807) is 24.3 Å². The molecule has 0 spiro atoms. The predicted molar refractivity (Wildman–Crippen MR) is 129 cm³/mol. The van der Waals surface area contributed by atoms with Crippen LogP contribution in [0.15, 0.2) is 53.4 Å². The number of ether oxygens (including phenoxy) is 3. The van der Waals surface area contributed by atoms with Crippen molar-refractivity contribution in [2.75, 3.05) is 39.2 Å². The van der Waals surface area contributed by atoms with Gasteiger partial charge < -0.3 is 19.5 Å². The van der Waals surface area contributed by atoms with Crippen molar-refractivity contribution in [3.05, 3.63) is 54.1 Å². The van der Waals surface area contributed by atoms with Gasteiger partial charge in [-0.25, -0.2) is 17.5 Å². The number of nitrogens with zero attached hydrogens (tertiary/aromatic N) is 1. The molecule has 0 saturated heterocycles. The van der Waals surface area contributed by atoms with E-state index < -0.39 is 28.5 Å². The molecule has 9 nitrogen and oxygen atoms in total. The van der Waals surface area contributed by atoms with E-state index in [2.05, 4.69) is 5.32 Å². The zero-order valence-corrected chi connectivity index (χ0v) is 20.6. The number of rotatable bonds is 12. The summed E-state index contributed by atoms with van der Waals surface area (Å²) < 4.78 is 41.5. The van der Waals surface area contributed by atoms with Crippen molar-refractivity contribution < 1.29 is 32.2 Å². The summed E-state index contributed by atoms with van der Waals surface area (Å²) in [5, 5.41) is 2.54. The summed E-state index contributed by atoms with van der Waals surface area (Å²) in [6, 6.07) is 11.0. The van der Waals surface area contributed by atoms with E-state index in [1.165, 1.54) is 44.4 Å². The van der Waals surface area contributed by atoms with Crippen molar-refractivity contribution in [2.24, 2.45) is 0 Å². The quantitative estimate of drug-likeness (QED) is 0.359. The lowest BCUT2D eigenvalue weighted by atomic mass is 10.2. The van der Waals surface area contributed by atoms with Crippen LogP contribution in [0.5, 0.6) is 11.5 Å². The minimum atomic E-state index is -3.56. The SMILES string of the molecule is CCCOc1ccc(/C=C/C(=O)OCC(=O)Nc2ccc(S(=O)(=O)N(C)C)cc2)cc1OCC. The number of hydrogen-bond donors (Lipinski definition) is 1. The molecule has 0 heterocycles. The molecular formula is C24H30N2O7S. The van der Waals surface area contributed by atoms with Crippen molar-refractivity contribution in [3.63, 3.8) is 0 Å². The van der Waals surface area contributed by atoms with Crippen LogP contribution in [0.3, 0.4) is 0 Å². The topological polar surface area (TPSA) is 111 Å². The fraction of sp³-hybridized carbons (Fsp3) is 0.333. The lowest BCUT2D eigenvalue weighted by Gasteiger charge is -2.12. The van der Waals surface area contributed by atoms with Crippen LogP contribution >= 0.6 is 0 Å². The van der Waals surface area contributed by atoms with Crippen molar-refractivity contribution >= 4 is 33.7 Å². The second kappa shape index (κ2) is 12.8. The summed E-state index contributed by atoms with van der Waals surface area (Å²) in [5.74, 6) is -0.0319. The number of carbonyl (C=O) groups is 2. The zero-order valence-electron chi connectivity index (χ0n) is 19.7. The van der Waals surface area contributed by atoms with E-state index in [-0.39, 0.29) is 4.90 Å². The molecule has 10 heteroatoms. The van der Waals surface area contributed by atoms with Crippen LogP contribution in [0.25, 0.3) is 6.08 Å². The number of carbonyl (C=O) groups excluding carboxylic acids is 2. The van der Waals surface area contributed by atoms with E-state index in [9.17, 15) is 18.0 Å². The molecule has 0 aliphatic carbocycles. The van der Waals surface area contributed by atoms with Crippen molar-refractivity contribution in [1.82, 2.24) is 4.31 Å². The molecule has 184 valence electrons. The average Bonchev–Trinajstić information content (AvgIpc) is 2.81. The second-order valence-corrected chi connectivity index (χ2v) is 9.44. The number of benzene rings is 2. The standard InChI is InChI=1S/C24H30N2O7S/c1-5-15-32-21-13-7-18(16-22(21)31-6-2)8-14-24(28)33-17-23(27)25-19-9-11-20(12-10-19)34(29,30)26(3)4/h7-14,16H,5-6,15,17H2,1-4H3,(H,25,27)/b14-8+. The molecule has 2 aromatic rings. The lowest BCUT2D eigenvalue weighted by molar-refractivity contribution is -0.142. The molecule has 0 aliphatic heterocycles. The van der Waals surface area contributed by atoms with Gasteiger partial charge >= 0.3 is 5.97 Å². The highest BCUT2D eigenvalue weighted by Crippen LogP contribution is 2.29. The van der Waals surface area contributed by atoms with Crippen molar-refractivity contribution in [2.45, 2.75) is 25.2 Å². The second-order valence-electron chi connectivity index (χ2n) is 7.29. The molecular weight excluding hydrogens is 460 g/mol. The Morgan fingerprint density at radius 2 is 1.71 bits per heavy atom. The Balaban J connectivity index is 1.90. The number of anilines is 1. The van der Waals surface area contributed by atoms with Gasteiger partial charge in [-0.2, -0.15) is 0 Å². The average molecular weight is 491 g/mol. The van der Waals surface area contributed by atoms with Gasteiger partial charge in [0.25, 0.3) is 5.91 Å². The first-order valence-electron chi connectivity index (χ1n) is 10.7. The Labute approximate surface area is 200 Å². The summed E-state index contributed by atoms with van der Waals surface area (Å²) in [6.07, 6.45) is 3.64. The fourth-order valence-electron chi connectivity index (χ4n) is 2.70. The van der Waals surface area contributed by atoms with Gasteiger partial charge in [-0.3, -0.25) is 4.79 Å². The summed E-state index contributed by atoms with van der Waals surface area (Å²) in [7, 11) is -0.690. The molecule has 1 N–H and O–H groups in total. The third-order valence-corrected chi connectivity index (χ3v) is 6.23. The first-order chi connectivity index (χ1) is 16.2. The number of nitrogens with one attached hydrogen (secondary N) is 1. The monoisotopic (exact) mass is 490 g/mol. The molecule has 0 aliphatic rings. The third kappa shape index (κ3) is 7.89. The van der Waals surface area contributed by atoms with Gasteiger partial charge in [0, 0.05) is 25.9 Å². The highest BCUT2D eigenvalue weighted by molar-refractivity contribution is 7.89. The zero-order chi connectivity index (χ0) is 25.1. The van der Waals surface area contributed by atoms with Gasteiger partial charge in [0.15, 0.2) is 18.1 Å². The molecule has 0 aromatic heterocycles. The van der Waals surface area contributed by atoms with Crippen molar-refractivity contribution in [3.8, 4) is 11.5 Å². The predicted octanol–water partition coefficient (Wildman–Crippen LogP) is 3.32. The number of sulfonamides is 1. The van der Waals surface area contributed by atoms with E-state index in [0.717, 1.165) is 10.7 Å². The number of amides is 1. The van der Waals surface area contributed by atoms with Crippen LogP contribution in [-0.2, 0) is 24.3 Å². The fourth-order valence-corrected chi connectivity index (χ4v) is 3.60. The van der Waals surface area contributed by atoms with E-state index in [1.807, 2.05) is 13.8 Å². The van der Waals surface area contributed by atoms with Gasteiger partial charge in [0.1, 0.15) is 0 Å². The van der Waals surface area contributed by atoms with Crippen molar-refractivity contribution in [1.29, 1.82) is 0 Å². The highest BCUT2D eigenvalue weighted by Gasteiger charge is 2.17. The molecule has 0 bridgehead atoms. The Morgan fingerprint density at radius 1 is 1.00 bits per heavy atom. The molecule has 0 atom stereocenters. The van der Waals surface area contributed by atoms with E-state index >= 15 is 0 Å². The molecule has 0 radical (unpaired) electrons. The third-order valence-electron chi connectivity index (χ3n) is 4.40. The van der Waals surface area contributed by atoms with Gasteiger partial charge in [0.05, 0.1) is 18.1 Å². The molecule has 0 fully saturated rings. The van der Waals surface area contributed by atoms with E-state index in [0.29, 0.717) is 36.0 Å². The lowest BCUT2D eigenvalue weighted by Crippen LogP contribution is -2.22. The maximum absolute atomic E-state index is 12.1. The minimum absolute atomic E-state index is 0.101. The Morgan fingerprint density at radius 3 is 2.32 bits per heavy atom. The normalized spacial score (nSPS) is 11.4. The summed E-state index contributed by atoms with van der Waals surface area (Å²) in [4.78, 5) is 24.1. The summed E-state index contributed by atoms with van der Waals surface area (Å²) >= 11 is 0. The van der Waals surface area contributed by atoms with Crippen LogP contribution in [-0.4, -0.2) is 58.5 Å². The smallest absolute Gasteiger partial charge is 0.331 e. The van der Waals surface area contributed by atoms with Gasteiger partial charge in [0.2, 0.25) is 10.0 Å². The van der Waals surface area contributed by atoms with Crippen LogP contribution in [0.2, 0.25) is 0 Å². The first kappa shape index (κ1) is 26.9. The maximum atomic E-state index is 12.1. The molecule has 34 heavy (non-hydrogen) atoms. The van der Waals surface area contributed by atoms with Gasteiger partial charge in [-0.05, 0) is 61.4 Å². The molecule has 0 unspecified atom stereocenters. The van der Waals surface area contributed by atoms with Gasteiger partial charge in [-0.15, -0.1) is 0 Å². The van der Waals surface area contributed by atoms with Crippen LogP contribution in [0.1, 0.15) is 25.8 Å². The Bertz CT molecular complexity index is 1110. The molecule has 2 rings (SSSR count). The summed E-state index contributed by atoms with van der Waals surface area (Å²) in [6.45, 7) is 4.44. The van der Waals surface area contributed by atoms with E-state index in [4.69, 9.17) is 14.2 Å². The highest BCUT2D eigenvalue weighted by atomic mass is 32.2. The Kier molecular flexibility index (Phi) is 10.1. The Hall–Kier alpha value is -3.37. The maximum Gasteiger partial charge on any atom is 0.331 e. The van der Waals surface area contributed by atoms with Gasteiger partial charge in [-0.1, -0.05) is 13.0 Å². The first-order valence-corrected chi connectivity index (χ1v) is 12.2. The number of hydrogen-bond acceptors (Lipinski definition) is 7. The summed E-state index contributed by atoms with van der Waals surface area (Å²) in [5.41, 5.74) is 1.09. The van der Waals surface area contributed by atoms with Crippen LogP contribution in [0, 0.1) is 0 Å². The molecule has 2 aromatic carbocycles. The molecule has 0 saturated carbocycles. The minimum Gasteiger partial charge on any atom is -0.490 e. The van der Waals surface area contributed by atoms with Crippen LogP contribution < -0.4 is 14.8 Å². The number of esters is 1. The largest absolute Gasteiger partial charge is 0.490 e. The van der Waals surface area contributed by atoms with Crippen LogP contribution in [0.4, 0.5) is 5.69 Å². The molecule has 1 amide bonds.